The summed E-state index contributed by atoms with van der Waals surface area (Å²) in [6.45, 7) is 1.93. The number of carbonyl (C=O) groups is 2. The van der Waals surface area contributed by atoms with Crippen LogP contribution in [0.2, 0.25) is 10.0 Å². The molecule has 1 atom stereocenters. The van der Waals surface area contributed by atoms with Crippen LogP contribution in [0.5, 0.6) is 5.75 Å². The van der Waals surface area contributed by atoms with Gasteiger partial charge >= 0.3 is 5.97 Å². The molecule has 1 aliphatic carbocycles. The van der Waals surface area contributed by atoms with Gasteiger partial charge < -0.3 is 9.47 Å². The first-order valence-corrected chi connectivity index (χ1v) is 7.18. The van der Waals surface area contributed by atoms with Crippen molar-refractivity contribution in [2.24, 2.45) is 5.92 Å². The number of rotatable bonds is 4. The quantitative estimate of drug-likeness (QED) is 0.626. The number of methoxy groups -OCH3 is 1. The van der Waals surface area contributed by atoms with Crippen molar-refractivity contribution in [2.45, 2.75) is 13.3 Å². The first kappa shape index (κ1) is 15.9. The predicted molar refractivity (Wildman–Crippen MR) is 80.7 cm³/mol. The molecular weight excluding hydrogens is 315 g/mol. The summed E-state index contributed by atoms with van der Waals surface area (Å²) in [5, 5.41) is 0.667. The van der Waals surface area contributed by atoms with Gasteiger partial charge in [-0.3, -0.25) is 9.59 Å². The molecule has 0 fully saturated rings. The monoisotopic (exact) mass is 328 g/mol. The van der Waals surface area contributed by atoms with Gasteiger partial charge in [0.25, 0.3) is 0 Å². The second-order valence-electron chi connectivity index (χ2n) is 4.52. The number of ketones is 1. The summed E-state index contributed by atoms with van der Waals surface area (Å²) >= 11 is 12.2. The number of hydrogen-bond acceptors (Lipinski definition) is 4. The molecule has 0 heterocycles. The van der Waals surface area contributed by atoms with Crippen LogP contribution in [0.1, 0.15) is 18.9 Å². The van der Waals surface area contributed by atoms with E-state index >= 15 is 0 Å². The van der Waals surface area contributed by atoms with E-state index in [0.29, 0.717) is 26.9 Å². The predicted octanol–water partition coefficient (Wildman–Crippen LogP) is 3.54. The van der Waals surface area contributed by atoms with Gasteiger partial charge in [0.15, 0.2) is 5.78 Å². The summed E-state index contributed by atoms with van der Waals surface area (Å²) in [6, 6.07) is 3.29. The van der Waals surface area contributed by atoms with Gasteiger partial charge in [-0.05, 0) is 37.1 Å². The standard InChI is InChI=1S/C15H14Cl2O4/c1-3-21-15(19)9-6-8(7-11(9)18)13-12(20-2)5-4-10(16)14(13)17/h4-5,7,9H,3,6H2,1-2H3. The number of carbonyl (C=O) groups excluding carboxylic acids is 2. The highest BCUT2D eigenvalue weighted by Crippen LogP contribution is 2.42. The van der Waals surface area contributed by atoms with E-state index in [1.807, 2.05) is 0 Å². The molecular formula is C15H14Cl2O4. The third kappa shape index (κ3) is 3.06. The molecule has 0 aliphatic heterocycles. The molecule has 1 unspecified atom stereocenters. The van der Waals surface area contributed by atoms with Crippen LogP contribution in [-0.4, -0.2) is 25.5 Å². The minimum Gasteiger partial charge on any atom is -0.496 e. The highest BCUT2D eigenvalue weighted by molar-refractivity contribution is 6.43. The Balaban J connectivity index is 2.37. The molecule has 0 aromatic heterocycles. The molecule has 4 nitrogen and oxygen atoms in total. The highest BCUT2D eigenvalue weighted by atomic mass is 35.5. The van der Waals surface area contributed by atoms with Crippen molar-refractivity contribution in [1.82, 2.24) is 0 Å². The van der Waals surface area contributed by atoms with Gasteiger partial charge in [0, 0.05) is 5.56 Å². The highest BCUT2D eigenvalue weighted by Gasteiger charge is 2.35. The molecule has 0 N–H and O–H groups in total. The molecule has 0 spiro atoms. The fourth-order valence-corrected chi connectivity index (χ4v) is 2.71. The smallest absolute Gasteiger partial charge is 0.317 e. The molecule has 0 saturated heterocycles. The van der Waals surface area contributed by atoms with Gasteiger partial charge in [-0.2, -0.15) is 0 Å². The van der Waals surface area contributed by atoms with E-state index in [1.54, 1.807) is 19.1 Å². The summed E-state index contributed by atoms with van der Waals surface area (Å²) in [7, 11) is 1.50. The molecule has 2 rings (SSSR count). The zero-order valence-corrected chi connectivity index (χ0v) is 13.1. The molecule has 1 aromatic carbocycles. The maximum Gasteiger partial charge on any atom is 0.317 e. The SMILES string of the molecule is CCOC(=O)C1CC(c2c(OC)ccc(Cl)c2Cl)=CC1=O. The Kier molecular flexibility index (Phi) is 4.91. The van der Waals surface area contributed by atoms with Gasteiger partial charge in [0.2, 0.25) is 0 Å². The van der Waals surface area contributed by atoms with Crippen molar-refractivity contribution < 1.29 is 19.1 Å². The number of esters is 1. The van der Waals surface area contributed by atoms with Crippen molar-refractivity contribution in [1.29, 1.82) is 0 Å². The van der Waals surface area contributed by atoms with Crippen molar-refractivity contribution in [3.63, 3.8) is 0 Å². The molecule has 21 heavy (non-hydrogen) atoms. The molecule has 112 valence electrons. The van der Waals surface area contributed by atoms with Gasteiger partial charge in [-0.15, -0.1) is 0 Å². The third-order valence-corrected chi connectivity index (χ3v) is 4.06. The third-order valence-electron chi connectivity index (χ3n) is 3.25. The lowest BCUT2D eigenvalue weighted by Gasteiger charge is -2.13. The van der Waals surface area contributed by atoms with Gasteiger partial charge in [-0.25, -0.2) is 0 Å². The molecule has 0 radical (unpaired) electrons. The zero-order valence-electron chi connectivity index (χ0n) is 11.6. The Bertz CT molecular complexity index is 622. The summed E-state index contributed by atoms with van der Waals surface area (Å²) in [4.78, 5) is 23.7. The van der Waals surface area contributed by atoms with Crippen LogP contribution in [0.15, 0.2) is 18.2 Å². The second kappa shape index (κ2) is 6.50. The lowest BCUT2D eigenvalue weighted by atomic mass is 10.00. The number of ether oxygens (including phenoxy) is 2. The summed E-state index contributed by atoms with van der Waals surface area (Å²) in [5.41, 5.74) is 1.18. The number of allylic oxidation sites excluding steroid dienone is 2. The van der Waals surface area contributed by atoms with Crippen LogP contribution >= 0.6 is 23.2 Å². The molecule has 0 bridgehead atoms. The number of benzene rings is 1. The molecule has 1 aromatic rings. The van der Waals surface area contributed by atoms with E-state index < -0.39 is 11.9 Å². The van der Waals surface area contributed by atoms with E-state index in [2.05, 4.69) is 0 Å². The van der Waals surface area contributed by atoms with Crippen LogP contribution in [0.25, 0.3) is 5.57 Å². The second-order valence-corrected chi connectivity index (χ2v) is 5.30. The minimum absolute atomic E-state index is 0.230. The van der Waals surface area contributed by atoms with Crippen LogP contribution in [0.3, 0.4) is 0 Å². The maximum atomic E-state index is 12.0. The van der Waals surface area contributed by atoms with Crippen LogP contribution in [0, 0.1) is 5.92 Å². The largest absolute Gasteiger partial charge is 0.496 e. The number of halogens is 2. The molecule has 0 saturated carbocycles. The van der Waals surface area contributed by atoms with Crippen molar-refractivity contribution in [3.8, 4) is 5.75 Å². The van der Waals surface area contributed by atoms with E-state index in [9.17, 15) is 9.59 Å². The van der Waals surface area contributed by atoms with Crippen molar-refractivity contribution >= 4 is 40.5 Å². The van der Waals surface area contributed by atoms with Crippen LogP contribution in [0.4, 0.5) is 0 Å². The minimum atomic E-state index is -0.820. The van der Waals surface area contributed by atoms with E-state index in [-0.39, 0.29) is 18.8 Å². The zero-order chi connectivity index (χ0) is 15.6. The van der Waals surface area contributed by atoms with Gasteiger partial charge in [0.05, 0.1) is 23.8 Å². The Morgan fingerprint density at radius 3 is 2.71 bits per heavy atom. The normalized spacial score (nSPS) is 17.6. The summed E-state index contributed by atoms with van der Waals surface area (Å²) in [6.07, 6.45) is 1.63. The van der Waals surface area contributed by atoms with E-state index in [0.717, 1.165) is 0 Å². The van der Waals surface area contributed by atoms with Gasteiger partial charge in [0.1, 0.15) is 11.7 Å². The lowest BCUT2D eigenvalue weighted by molar-refractivity contribution is -0.149. The molecule has 1 aliphatic rings. The van der Waals surface area contributed by atoms with Crippen molar-refractivity contribution in [3.05, 3.63) is 33.8 Å². The maximum absolute atomic E-state index is 12.0. The Labute approximate surface area is 132 Å². The van der Waals surface area contributed by atoms with E-state index in [1.165, 1.54) is 13.2 Å². The van der Waals surface area contributed by atoms with Gasteiger partial charge in [-0.1, -0.05) is 23.2 Å². The topological polar surface area (TPSA) is 52.6 Å². The summed E-state index contributed by atoms with van der Waals surface area (Å²) in [5.74, 6) is -1.12. The average Bonchev–Trinajstić information content (AvgIpc) is 2.83. The molecule has 0 amide bonds. The summed E-state index contributed by atoms with van der Waals surface area (Å²) < 4.78 is 10.2. The average molecular weight is 329 g/mol. The fraction of sp³-hybridized carbons (Fsp3) is 0.333. The Morgan fingerprint density at radius 1 is 1.38 bits per heavy atom. The van der Waals surface area contributed by atoms with Crippen molar-refractivity contribution in [2.75, 3.05) is 13.7 Å². The Morgan fingerprint density at radius 2 is 2.10 bits per heavy atom. The Hall–Kier alpha value is -1.52. The first-order valence-electron chi connectivity index (χ1n) is 6.43. The first-order chi connectivity index (χ1) is 9.99. The van der Waals surface area contributed by atoms with Crippen LogP contribution < -0.4 is 4.74 Å². The fourth-order valence-electron chi connectivity index (χ4n) is 2.27. The number of hydrogen-bond donors (Lipinski definition) is 0. The molecule has 6 heteroatoms. The lowest BCUT2D eigenvalue weighted by Crippen LogP contribution is -2.21. The van der Waals surface area contributed by atoms with E-state index in [4.69, 9.17) is 32.7 Å². The van der Waals surface area contributed by atoms with Crippen LogP contribution in [-0.2, 0) is 14.3 Å².